The Morgan fingerprint density at radius 2 is 2.18 bits per heavy atom. The molecule has 1 rings (SSSR count). The van der Waals surface area contributed by atoms with Gasteiger partial charge in [-0.25, -0.2) is 0 Å². The van der Waals surface area contributed by atoms with Crippen molar-refractivity contribution < 1.29 is 4.79 Å². The second kappa shape index (κ2) is 5.70. The quantitative estimate of drug-likeness (QED) is 0.819. The van der Waals surface area contributed by atoms with Crippen molar-refractivity contribution in [3.05, 3.63) is 11.9 Å². The van der Waals surface area contributed by atoms with Crippen LogP contribution in [0.25, 0.3) is 0 Å². The van der Waals surface area contributed by atoms with Gasteiger partial charge in [-0.05, 0) is 19.8 Å². The first-order chi connectivity index (χ1) is 7.99. The van der Waals surface area contributed by atoms with E-state index in [-0.39, 0.29) is 11.9 Å². The van der Waals surface area contributed by atoms with E-state index in [1.54, 1.807) is 10.9 Å². The molecule has 1 heterocycles. The molecule has 0 aliphatic heterocycles. The normalized spacial score (nSPS) is 14.4. The van der Waals surface area contributed by atoms with Crippen molar-refractivity contribution in [3.8, 4) is 0 Å². The Kier molecular flexibility index (Phi) is 4.54. The highest BCUT2D eigenvalue weighted by molar-refractivity contribution is 5.97. The highest BCUT2D eigenvalue weighted by Gasteiger charge is 2.18. The van der Waals surface area contributed by atoms with Crippen LogP contribution in [0.15, 0.2) is 6.20 Å². The molecule has 2 atom stereocenters. The molecule has 0 aromatic carbocycles. The molecule has 2 unspecified atom stereocenters. The van der Waals surface area contributed by atoms with Gasteiger partial charge in [0.05, 0.1) is 5.69 Å². The van der Waals surface area contributed by atoms with E-state index < -0.39 is 0 Å². The largest absolute Gasteiger partial charge is 0.396 e. The molecule has 96 valence electrons. The molecule has 0 fully saturated rings. The zero-order chi connectivity index (χ0) is 13.0. The van der Waals surface area contributed by atoms with E-state index in [9.17, 15) is 4.79 Å². The van der Waals surface area contributed by atoms with Crippen molar-refractivity contribution in [3.63, 3.8) is 0 Å². The van der Waals surface area contributed by atoms with Crippen LogP contribution in [0.4, 0.5) is 5.69 Å². The number of nitrogen functional groups attached to an aromatic ring is 1. The molecule has 0 radical (unpaired) electrons. The summed E-state index contributed by atoms with van der Waals surface area (Å²) in [5.41, 5.74) is 6.51. The predicted octanol–water partition coefficient (Wildman–Crippen LogP) is 1.65. The number of nitrogens with zero attached hydrogens (tertiary/aromatic N) is 2. The van der Waals surface area contributed by atoms with Gasteiger partial charge in [-0.15, -0.1) is 0 Å². The second-order valence-electron chi connectivity index (χ2n) is 4.44. The number of rotatable bonds is 5. The molecule has 3 N–H and O–H groups in total. The van der Waals surface area contributed by atoms with Gasteiger partial charge in [-0.1, -0.05) is 20.3 Å². The van der Waals surface area contributed by atoms with Gasteiger partial charge in [0.1, 0.15) is 0 Å². The number of carbonyl (C=O) groups is 1. The van der Waals surface area contributed by atoms with Crippen LogP contribution in [0.5, 0.6) is 0 Å². The molecular formula is C12H22N4O. The Morgan fingerprint density at radius 1 is 1.53 bits per heavy atom. The van der Waals surface area contributed by atoms with Gasteiger partial charge in [0, 0.05) is 18.8 Å². The maximum atomic E-state index is 12.0. The van der Waals surface area contributed by atoms with Crippen LogP contribution in [0, 0.1) is 5.92 Å². The topological polar surface area (TPSA) is 72.9 Å². The summed E-state index contributed by atoms with van der Waals surface area (Å²) >= 11 is 0. The number of nitrogens with one attached hydrogen (secondary N) is 1. The molecule has 0 saturated heterocycles. The van der Waals surface area contributed by atoms with Crippen LogP contribution in [-0.4, -0.2) is 21.7 Å². The van der Waals surface area contributed by atoms with Crippen molar-refractivity contribution in [2.24, 2.45) is 5.92 Å². The first-order valence-electron chi connectivity index (χ1n) is 6.13. The first kappa shape index (κ1) is 13.5. The molecule has 0 spiro atoms. The molecule has 1 aromatic rings. The monoisotopic (exact) mass is 238 g/mol. The first-order valence-corrected chi connectivity index (χ1v) is 6.13. The van der Waals surface area contributed by atoms with Crippen LogP contribution in [0.3, 0.4) is 0 Å². The van der Waals surface area contributed by atoms with E-state index in [0.717, 1.165) is 6.42 Å². The summed E-state index contributed by atoms with van der Waals surface area (Å²) in [6.45, 7) is 8.87. The molecule has 5 heteroatoms. The maximum Gasteiger partial charge on any atom is 0.274 e. The zero-order valence-corrected chi connectivity index (χ0v) is 11.0. The third kappa shape index (κ3) is 3.22. The number of hydrogen-bond acceptors (Lipinski definition) is 3. The third-order valence-corrected chi connectivity index (χ3v) is 3.19. The standard InChI is InChI=1S/C12H22N4O/c1-5-8(3)9(4)14-12(17)11-10(13)7-16(6-2)15-11/h7-9H,5-6,13H2,1-4H3,(H,14,17). The van der Waals surface area contributed by atoms with E-state index in [4.69, 9.17) is 5.73 Å². The van der Waals surface area contributed by atoms with Crippen molar-refractivity contribution in [2.75, 3.05) is 5.73 Å². The Balaban J connectivity index is 2.72. The highest BCUT2D eigenvalue weighted by Crippen LogP contribution is 2.11. The van der Waals surface area contributed by atoms with Gasteiger partial charge in [0.25, 0.3) is 5.91 Å². The van der Waals surface area contributed by atoms with Gasteiger partial charge in [0.2, 0.25) is 0 Å². The average molecular weight is 238 g/mol. The molecule has 1 aromatic heterocycles. The lowest BCUT2D eigenvalue weighted by atomic mass is 10.0. The van der Waals surface area contributed by atoms with Gasteiger partial charge in [-0.2, -0.15) is 5.10 Å². The van der Waals surface area contributed by atoms with Crippen molar-refractivity contribution in [1.29, 1.82) is 0 Å². The van der Waals surface area contributed by atoms with Crippen molar-refractivity contribution >= 4 is 11.6 Å². The predicted molar refractivity (Wildman–Crippen MR) is 68.7 cm³/mol. The van der Waals surface area contributed by atoms with Crippen molar-refractivity contribution in [1.82, 2.24) is 15.1 Å². The highest BCUT2D eigenvalue weighted by atomic mass is 16.2. The minimum Gasteiger partial charge on any atom is -0.396 e. The molecule has 0 aliphatic carbocycles. The van der Waals surface area contributed by atoms with Crippen molar-refractivity contribution in [2.45, 2.75) is 46.7 Å². The lowest BCUT2D eigenvalue weighted by Crippen LogP contribution is -2.37. The van der Waals surface area contributed by atoms with Gasteiger partial charge in [0.15, 0.2) is 5.69 Å². The fourth-order valence-corrected chi connectivity index (χ4v) is 1.55. The number of aromatic nitrogens is 2. The van der Waals surface area contributed by atoms with Gasteiger partial charge in [-0.3, -0.25) is 9.48 Å². The maximum absolute atomic E-state index is 12.0. The molecule has 0 aliphatic rings. The van der Waals surface area contributed by atoms with Crippen LogP contribution in [0.1, 0.15) is 44.6 Å². The van der Waals surface area contributed by atoms with E-state index in [2.05, 4.69) is 24.3 Å². The number of hydrogen-bond donors (Lipinski definition) is 2. The lowest BCUT2D eigenvalue weighted by Gasteiger charge is -2.19. The fraction of sp³-hybridized carbons (Fsp3) is 0.667. The third-order valence-electron chi connectivity index (χ3n) is 3.19. The molecule has 0 bridgehead atoms. The van der Waals surface area contributed by atoms with Crippen LogP contribution >= 0.6 is 0 Å². The summed E-state index contributed by atoms with van der Waals surface area (Å²) in [5, 5.41) is 7.08. The van der Waals surface area contributed by atoms with Crippen LogP contribution in [0.2, 0.25) is 0 Å². The summed E-state index contributed by atoms with van der Waals surface area (Å²) in [5.74, 6) is 0.246. The number of carbonyl (C=O) groups excluding carboxylic acids is 1. The van der Waals surface area contributed by atoms with Gasteiger partial charge < -0.3 is 11.1 Å². The number of aryl methyl sites for hydroxylation is 1. The summed E-state index contributed by atoms with van der Waals surface area (Å²) in [6.07, 6.45) is 2.71. The molecular weight excluding hydrogens is 216 g/mol. The van der Waals surface area contributed by atoms with Gasteiger partial charge >= 0.3 is 0 Å². The zero-order valence-electron chi connectivity index (χ0n) is 11.0. The van der Waals surface area contributed by atoms with Crippen LogP contribution < -0.4 is 11.1 Å². The molecule has 1 amide bonds. The summed E-state index contributed by atoms with van der Waals surface area (Å²) in [7, 11) is 0. The average Bonchev–Trinajstić information content (AvgIpc) is 2.69. The number of anilines is 1. The SMILES string of the molecule is CCC(C)C(C)NC(=O)c1nn(CC)cc1N. The van der Waals surface area contributed by atoms with E-state index in [1.807, 2.05) is 13.8 Å². The lowest BCUT2D eigenvalue weighted by molar-refractivity contribution is 0.0923. The number of nitrogens with two attached hydrogens (primary N) is 1. The fourth-order valence-electron chi connectivity index (χ4n) is 1.55. The van der Waals surface area contributed by atoms with E-state index >= 15 is 0 Å². The minimum absolute atomic E-state index is 0.124. The molecule has 5 nitrogen and oxygen atoms in total. The number of amides is 1. The van der Waals surface area contributed by atoms with Crippen LogP contribution in [-0.2, 0) is 6.54 Å². The second-order valence-corrected chi connectivity index (χ2v) is 4.44. The van der Waals surface area contributed by atoms with E-state index in [0.29, 0.717) is 23.8 Å². The molecule has 17 heavy (non-hydrogen) atoms. The summed E-state index contributed by atoms with van der Waals surface area (Å²) < 4.78 is 1.66. The Hall–Kier alpha value is -1.52. The Morgan fingerprint density at radius 3 is 2.65 bits per heavy atom. The smallest absolute Gasteiger partial charge is 0.274 e. The Labute approximate surface area is 102 Å². The summed E-state index contributed by atoms with van der Waals surface area (Å²) in [4.78, 5) is 12.0. The van der Waals surface area contributed by atoms with E-state index in [1.165, 1.54) is 0 Å². The Bertz CT molecular complexity index is 386. The summed E-state index contributed by atoms with van der Waals surface area (Å²) in [6, 6.07) is 0.124. The molecule has 0 saturated carbocycles. The minimum atomic E-state index is -0.192.